The third-order valence-electron chi connectivity index (χ3n) is 3.50. The van der Waals surface area contributed by atoms with Gasteiger partial charge in [-0.2, -0.15) is 4.98 Å². The molecule has 0 radical (unpaired) electrons. The first-order chi connectivity index (χ1) is 13.0. The number of anilines is 5. The van der Waals surface area contributed by atoms with Gasteiger partial charge in [0.05, 0.1) is 5.56 Å². The Hall–Kier alpha value is -3.94. The SMILES string of the molecule is CC(=O)Nc1cccc(Nc2nccc(Nc3ccc(C(=O)O)cc3)n2)c1. The minimum absolute atomic E-state index is 0.150. The van der Waals surface area contributed by atoms with Crippen molar-refractivity contribution in [2.45, 2.75) is 6.92 Å². The van der Waals surface area contributed by atoms with Crippen molar-refractivity contribution >= 4 is 40.7 Å². The van der Waals surface area contributed by atoms with E-state index in [-0.39, 0.29) is 11.5 Å². The molecule has 8 nitrogen and oxygen atoms in total. The molecule has 1 amide bonds. The summed E-state index contributed by atoms with van der Waals surface area (Å²) < 4.78 is 0. The lowest BCUT2D eigenvalue weighted by molar-refractivity contribution is -0.114. The van der Waals surface area contributed by atoms with Crippen LogP contribution in [-0.4, -0.2) is 27.0 Å². The zero-order valence-corrected chi connectivity index (χ0v) is 14.4. The summed E-state index contributed by atoms with van der Waals surface area (Å²) in [5.74, 6) is -0.198. The first-order valence-corrected chi connectivity index (χ1v) is 8.08. The Kier molecular flexibility index (Phi) is 5.27. The predicted octanol–water partition coefficient (Wildman–Crippen LogP) is 3.62. The maximum atomic E-state index is 11.2. The highest BCUT2D eigenvalue weighted by atomic mass is 16.4. The summed E-state index contributed by atoms with van der Waals surface area (Å²) in [6.07, 6.45) is 1.60. The Bertz CT molecular complexity index is 973. The van der Waals surface area contributed by atoms with Gasteiger partial charge in [-0.25, -0.2) is 9.78 Å². The molecule has 3 rings (SSSR count). The number of carboxylic acid groups (broad SMARTS) is 1. The van der Waals surface area contributed by atoms with Crippen molar-refractivity contribution in [1.29, 1.82) is 0 Å². The van der Waals surface area contributed by atoms with E-state index >= 15 is 0 Å². The van der Waals surface area contributed by atoms with Gasteiger partial charge in [-0.05, 0) is 48.5 Å². The monoisotopic (exact) mass is 363 g/mol. The Morgan fingerprint density at radius 1 is 0.926 bits per heavy atom. The van der Waals surface area contributed by atoms with Crippen molar-refractivity contribution in [1.82, 2.24) is 9.97 Å². The molecule has 0 aliphatic heterocycles. The van der Waals surface area contributed by atoms with Crippen LogP contribution >= 0.6 is 0 Å². The number of nitrogens with zero attached hydrogens (tertiary/aromatic N) is 2. The van der Waals surface area contributed by atoms with Gasteiger partial charge < -0.3 is 21.1 Å². The van der Waals surface area contributed by atoms with E-state index in [0.29, 0.717) is 23.1 Å². The quantitative estimate of drug-likeness (QED) is 0.528. The van der Waals surface area contributed by atoms with Crippen LogP contribution in [0.25, 0.3) is 0 Å². The summed E-state index contributed by atoms with van der Waals surface area (Å²) in [5, 5.41) is 17.8. The van der Waals surface area contributed by atoms with Crippen LogP contribution in [0.1, 0.15) is 17.3 Å². The highest BCUT2D eigenvalue weighted by Gasteiger charge is 2.04. The van der Waals surface area contributed by atoms with Crippen LogP contribution in [0, 0.1) is 0 Å². The molecule has 2 aromatic carbocycles. The maximum Gasteiger partial charge on any atom is 0.335 e. The minimum Gasteiger partial charge on any atom is -0.478 e. The van der Waals surface area contributed by atoms with Crippen molar-refractivity contribution in [2.24, 2.45) is 0 Å². The molecule has 1 aromatic heterocycles. The second kappa shape index (κ2) is 7.96. The van der Waals surface area contributed by atoms with Crippen LogP contribution < -0.4 is 16.0 Å². The average molecular weight is 363 g/mol. The van der Waals surface area contributed by atoms with E-state index in [4.69, 9.17) is 5.11 Å². The number of aromatic carboxylic acids is 1. The fraction of sp³-hybridized carbons (Fsp3) is 0.0526. The van der Waals surface area contributed by atoms with Crippen molar-refractivity contribution in [2.75, 3.05) is 16.0 Å². The van der Waals surface area contributed by atoms with Crippen LogP contribution in [0.2, 0.25) is 0 Å². The normalized spacial score (nSPS) is 10.1. The number of aromatic nitrogens is 2. The molecule has 0 unspecified atom stereocenters. The lowest BCUT2D eigenvalue weighted by Crippen LogP contribution is -2.06. The Morgan fingerprint density at radius 3 is 2.37 bits per heavy atom. The van der Waals surface area contributed by atoms with E-state index in [9.17, 15) is 9.59 Å². The van der Waals surface area contributed by atoms with Crippen LogP contribution in [-0.2, 0) is 4.79 Å². The molecule has 8 heteroatoms. The van der Waals surface area contributed by atoms with Crippen molar-refractivity contribution in [3.8, 4) is 0 Å². The molecule has 0 bridgehead atoms. The number of hydrogen-bond donors (Lipinski definition) is 4. The summed E-state index contributed by atoms with van der Waals surface area (Å²) >= 11 is 0. The van der Waals surface area contributed by atoms with Gasteiger partial charge in [0.2, 0.25) is 11.9 Å². The van der Waals surface area contributed by atoms with Crippen molar-refractivity contribution in [3.63, 3.8) is 0 Å². The van der Waals surface area contributed by atoms with E-state index in [0.717, 1.165) is 5.69 Å². The lowest BCUT2D eigenvalue weighted by atomic mass is 10.2. The lowest BCUT2D eigenvalue weighted by Gasteiger charge is -2.10. The van der Waals surface area contributed by atoms with Crippen LogP contribution in [0.5, 0.6) is 0 Å². The second-order valence-corrected chi connectivity index (χ2v) is 5.66. The number of nitrogens with one attached hydrogen (secondary N) is 3. The molecular weight excluding hydrogens is 346 g/mol. The fourth-order valence-corrected chi connectivity index (χ4v) is 2.34. The Balaban J connectivity index is 1.72. The Morgan fingerprint density at radius 2 is 1.67 bits per heavy atom. The highest BCUT2D eigenvalue weighted by Crippen LogP contribution is 2.20. The zero-order chi connectivity index (χ0) is 19.2. The molecule has 4 N–H and O–H groups in total. The number of amides is 1. The van der Waals surface area contributed by atoms with Crippen LogP contribution in [0.3, 0.4) is 0 Å². The minimum atomic E-state index is -0.975. The molecule has 3 aromatic rings. The standard InChI is InChI=1S/C19H17N5O3/c1-12(25)21-15-3-2-4-16(11-15)23-19-20-10-9-17(24-19)22-14-7-5-13(6-8-14)18(26)27/h2-11H,1H3,(H,21,25)(H,26,27)(H2,20,22,23,24). The van der Waals surface area contributed by atoms with E-state index in [2.05, 4.69) is 25.9 Å². The zero-order valence-electron chi connectivity index (χ0n) is 14.4. The largest absolute Gasteiger partial charge is 0.478 e. The van der Waals surface area contributed by atoms with Gasteiger partial charge >= 0.3 is 5.97 Å². The van der Waals surface area contributed by atoms with Gasteiger partial charge in [0.1, 0.15) is 5.82 Å². The first-order valence-electron chi connectivity index (χ1n) is 8.08. The number of benzene rings is 2. The predicted molar refractivity (Wildman–Crippen MR) is 103 cm³/mol. The third-order valence-corrected chi connectivity index (χ3v) is 3.50. The van der Waals surface area contributed by atoms with E-state index in [1.807, 2.05) is 6.07 Å². The molecule has 0 spiro atoms. The molecule has 1 heterocycles. The molecule has 0 saturated carbocycles. The molecule has 0 fully saturated rings. The number of hydrogen-bond acceptors (Lipinski definition) is 6. The van der Waals surface area contributed by atoms with Gasteiger partial charge in [0.15, 0.2) is 0 Å². The van der Waals surface area contributed by atoms with Gasteiger partial charge in [-0.15, -0.1) is 0 Å². The number of rotatable bonds is 6. The second-order valence-electron chi connectivity index (χ2n) is 5.66. The van der Waals surface area contributed by atoms with Crippen LogP contribution in [0.15, 0.2) is 60.8 Å². The summed E-state index contributed by atoms with van der Waals surface area (Å²) in [6, 6.07) is 15.2. The van der Waals surface area contributed by atoms with Crippen molar-refractivity contribution < 1.29 is 14.7 Å². The molecular formula is C19H17N5O3. The summed E-state index contributed by atoms with van der Waals surface area (Å²) in [4.78, 5) is 30.6. The maximum absolute atomic E-state index is 11.2. The first kappa shape index (κ1) is 17.9. The number of carbonyl (C=O) groups excluding carboxylic acids is 1. The van der Waals surface area contributed by atoms with E-state index in [1.165, 1.54) is 19.1 Å². The smallest absolute Gasteiger partial charge is 0.335 e. The summed E-state index contributed by atoms with van der Waals surface area (Å²) in [6.45, 7) is 1.45. The van der Waals surface area contributed by atoms with Gasteiger partial charge in [-0.1, -0.05) is 6.07 Å². The van der Waals surface area contributed by atoms with Gasteiger partial charge in [-0.3, -0.25) is 4.79 Å². The van der Waals surface area contributed by atoms with Crippen LogP contribution in [0.4, 0.5) is 28.8 Å². The van der Waals surface area contributed by atoms with E-state index in [1.54, 1.807) is 42.6 Å². The van der Waals surface area contributed by atoms with Gasteiger partial charge in [0, 0.05) is 30.2 Å². The van der Waals surface area contributed by atoms with Gasteiger partial charge in [0.25, 0.3) is 0 Å². The van der Waals surface area contributed by atoms with Crippen molar-refractivity contribution in [3.05, 3.63) is 66.4 Å². The summed E-state index contributed by atoms with van der Waals surface area (Å²) in [7, 11) is 0. The molecule has 0 atom stereocenters. The molecule has 136 valence electrons. The number of carbonyl (C=O) groups is 2. The number of carboxylic acids is 1. The third kappa shape index (κ3) is 5.02. The average Bonchev–Trinajstić information content (AvgIpc) is 2.62. The highest BCUT2D eigenvalue weighted by molar-refractivity contribution is 5.89. The topological polar surface area (TPSA) is 116 Å². The molecule has 0 aliphatic carbocycles. The Labute approximate surface area is 155 Å². The molecule has 0 aliphatic rings. The summed E-state index contributed by atoms with van der Waals surface area (Å²) in [5.41, 5.74) is 2.31. The van der Waals surface area contributed by atoms with E-state index < -0.39 is 5.97 Å². The molecule has 27 heavy (non-hydrogen) atoms. The molecule has 0 saturated heterocycles. The fourth-order valence-electron chi connectivity index (χ4n) is 2.34.